The summed E-state index contributed by atoms with van der Waals surface area (Å²) >= 11 is 2.96. The van der Waals surface area contributed by atoms with Crippen LogP contribution in [0.1, 0.15) is 38.1 Å². The first-order chi connectivity index (χ1) is 11.6. The van der Waals surface area contributed by atoms with Crippen LogP contribution >= 0.6 is 23.1 Å². The van der Waals surface area contributed by atoms with Gasteiger partial charge < -0.3 is 4.74 Å². The lowest BCUT2D eigenvalue weighted by molar-refractivity contribution is -0.115. The third-order valence-corrected chi connectivity index (χ3v) is 5.44. The molecule has 0 radical (unpaired) electrons. The zero-order valence-electron chi connectivity index (χ0n) is 14.2. The SMILES string of the molecule is CCCCCc1nnc(NC(=O)C(C)Sc2ccc(OC)cc2)s1. The minimum absolute atomic E-state index is 0.0629. The van der Waals surface area contributed by atoms with Crippen LogP contribution in [0.15, 0.2) is 29.2 Å². The molecule has 1 aromatic heterocycles. The van der Waals surface area contributed by atoms with Crippen molar-refractivity contribution in [2.45, 2.75) is 49.7 Å². The Morgan fingerprint density at radius 1 is 1.29 bits per heavy atom. The number of hydrogen-bond donors (Lipinski definition) is 1. The van der Waals surface area contributed by atoms with Crippen molar-refractivity contribution in [2.24, 2.45) is 0 Å². The van der Waals surface area contributed by atoms with E-state index in [4.69, 9.17) is 4.74 Å². The number of hydrogen-bond acceptors (Lipinski definition) is 6. The van der Waals surface area contributed by atoms with Crippen LogP contribution in [0.2, 0.25) is 0 Å². The fraction of sp³-hybridized carbons (Fsp3) is 0.471. The summed E-state index contributed by atoms with van der Waals surface area (Å²) in [5.41, 5.74) is 0. The Balaban J connectivity index is 1.84. The van der Waals surface area contributed by atoms with Crippen molar-refractivity contribution in [1.82, 2.24) is 10.2 Å². The zero-order chi connectivity index (χ0) is 17.4. The van der Waals surface area contributed by atoms with Crippen LogP contribution < -0.4 is 10.1 Å². The fourth-order valence-corrected chi connectivity index (χ4v) is 3.70. The van der Waals surface area contributed by atoms with Crippen LogP contribution in [-0.4, -0.2) is 28.5 Å². The molecule has 1 heterocycles. The molecule has 7 heteroatoms. The first-order valence-corrected chi connectivity index (χ1v) is 9.76. The van der Waals surface area contributed by atoms with Gasteiger partial charge in [-0.2, -0.15) is 0 Å². The third kappa shape index (κ3) is 5.79. The van der Waals surface area contributed by atoms with Crippen LogP contribution in [0.3, 0.4) is 0 Å². The lowest BCUT2D eigenvalue weighted by Gasteiger charge is -2.10. The van der Waals surface area contributed by atoms with Gasteiger partial charge in [-0.05, 0) is 37.6 Å². The summed E-state index contributed by atoms with van der Waals surface area (Å²) in [4.78, 5) is 13.3. The van der Waals surface area contributed by atoms with E-state index in [1.54, 1.807) is 7.11 Å². The zero-order valence-corrected chi connectivity index (χ0v) is 15.9. The van der Waals surface area contributed by atoms with Crippen LogP contribution in [0.25, 0.3) is 0 Å². The maximum Gasteiger partial charge on any atom is 0.239 e. The summed E-state index contributed by atoms with van der Waals surface area (Å²) < 4.78 is 5.14. The Morgan fingerprint density at radius 3 is 2.71 bits per heavy atom. The normalized spacial score (nSPS) is 12.0. The van der Waals surface area contributed by atoms with Crippen molar-refractivity contribution in [3.8, 4) is 5.75 Å². The number of thioether (sulfide) groups is 1. The molecule has 0 aliphatic heterocycles. The Kier molecular flexibility index (Phi) is 7.52. The van der Waals surface area contributed by atoms with Crippen LogP contribution in [-0.2, 0) is 11.2 Å². The maximum absolute atomic E-state index is 12.3. The highest BCUT2D eigenvalue weighted by Crippen LogP contribution is 2.26. The van der Waals surface area contributed by atoms with E-state index in [-0.39, 0.29) is 11.2 Å². The molecule has 0 aliphatic rings. The van der Waals surface area contributed by atoms with Crippen LogP contribution in [0.5, 0.6) is 5.75 Å². The number of aromatic nitrogens is 2. The van der Waals surface area contributed by atoms with E-state index in [1.807, 2.05) is 31.2 Å². The number of rotatable bonds is 9. The van der Waals surface area contributed by atoms with E-state index in [9.17, 15) is 4.79 Å². The fourth-order valence-electron chi connectivity index (χ4n) is 2.05. The van der Waals surface area contributed by atoms with Crippen LogP contribution in [0, 0.1) is 0 Å². The lowest BCUT2D eigenvalue weighted by Crippen LogP contribution is -2.22. The summed E-state index contributed by atoms with van der Waals surface area (Å²) in [5.74, 6) is 0.744. The van der Waals surface area contributed by atoms with Crippen LogP contribution in [0.4, 0.5) is 5.13 Å². The van der Waals surface area contributed by atoms with Crippen molar-refractivity contribution in [2.75, 3.05) is 12.4 Å². The maximum atomic E-state index is 12.3. The van der Waals surface area contributed by atoms with Gasteiger partial charge in [0.15, 0.2) is 0 Å². The highest BCUT2D eigenvalue weighted by molar-refractivity contribution is 8.00. The van der Waals surface area contributed by atoms with E-state index < -0.39 is 0 Å². The molecule has 5 nitrogen and oxygen atoms in total. The number of methoxy groups -OCH3 is 1. The Bertz CT molecular complexity index is 644. The highest BCUT2D eigenvalue weighted by atomic mass is 32.2. The minimum atomic E-state index is -0.217. The molecular formula is C17H23N3O2S2. The monoisotopic (exact) mass is 365 g/mol. The summed E-state index contributed by atoms with van der Waals surface area (Å²) in [6, 6.07) is 7.68. The van der Waals surface area contributed by atoms with Gasteiger partial charge in [-0.1, -0.05) is 31.1 Å². The number of nitrogens with one attached hydrogen (secondary N) is 1. The molecule has 0 aliphatic carbocycles. The average Bonchev–Trinajstić information content (AvgIpc) is 3.03. The van der Waals surface area contributed by atoms with Crippen molar-refractivity contribution in [3.05, 3.63) is 29.3 Å². The molecule has 2 aromatic rings. The number of amides is 1. The number of ether oxygens (including phenoxy) is 1. The first-order valence-electron chi connectivity index (χ1n) is 8.06. The molecule has 1 aromatic carbocycles. The van der Waals surface area contributed by atoms with E-state index >= 15 is 0 Å². The predicted octanol–water partition coefficient (Wildman–Crippen LogP) is 4.40. The van der Waals surface area contributed by atoms with Gasteiger partial charge in [-0.25, -0.2) is 0 Å². The van der Waals surface area contributed by atoms with Gasteiger partial charge in [-0.3, -0.25) is 10.1 Å². The summed E-state index contributed by atoms with van der Waals surface area (Å²) in [7, 11) is 1.64. The smallest absolute Gasteiger partial charge is 0.239 e. The first kappa shape index (κ1) is 18.7. The Labute approximate surface area is 151 Å². The molecule has 2 rings (SSSR count). The van der Waals surface area contributed by atoms with E-state index in [0.717, 1.165) is 28.5 Å². The summed E-state index contributed by atoms with van der Waals surface area (Å²) in [6.45, 7) is 4.06. The lowest BCUT2D eigenvalue weighted by atomic mass is 10.2. The molecule has 24 heavy (non-hydrogen) atoms. The van der Waals surface area contributed by atoms with E-state index in [1.165, 1.54) is 35.9 Å². The van der Waals surface area contributed by atoms with Gasteiger partial charge in [0, 0.05) is 11.3 Å². The minimum Gasteiger partial charge on any atom is -0.497 e. The Hall–Kier alpha value is -1.60. The molecule has 1 N–H and O–H groups in total. The van der Waals surface area contributed by atoms with Crippen molar-refractivity contribution >= 4 is 34.1 Å². The highest BCUT2D eigenvalue weighted by Gasteiger charge is 2.16. The molecule has 1 atom stereocenters. The molecule has 0 saturated heterocycles. The van der Waals surface area contributed by atoms with Crippen molar-refractivity contribution < 1.29 is 9.53 Å². The third-order valence-electron chi connectivity index (χ3n) is 3.43. The second-order valence-electron chi connectivity index (χ2n) is 5.38. The molecular weight excluding hydrogens is 342 g/mol. The van der Waals surface area contributed by atoms with Gasteiger partial charge in [0.1, 0.15) is 10.8 Å². The standard InChI is InChI=1S/C17H23N3O2S2/c1-4-5-6-7-15-19-20-17(24-15)18-16(21)12(2)23-14-10-8-13(22-3)9-11-14/h8-12H,4-7H2,1-3H3,(H,18,20,21). The van der Waals surface area contributed by atoms with Gasteiger partial charge in [0.05, 0.1) is 12.4 Å². The average molecular weight is 366 g/mol. The molecule has 0 saturated carbocycles. The Morgan fingerprint density at radius 2 is 2.04 bits per heavy atom. The van der Waals surface area contributed by atoms with E-state index in [0.29, 0.717) is 5.13 Å². The quantitative estimate of drug-likeness (QED) is 0.527. The van der Waals surface area contributed by atoms with E-state index in [2.05, 4.69) is 22.4 Å². The molecule has 1 amide bonds. The molecule has 0 fully saturated rings. The predicted molar refractivity (Wildman–Crippen MR) is 100 cm³/mol. The summed E-state index contributed by atoms with van der Waals surface area (Å²) in [6.07, 6.45) is 4.42. The molecule has 0 spiro atoms. The number of anilines is 1. The van der Waals surface area contributed by atoms with Gasteiger partial charge in [0.25, 0.3) is 0 Å². The molecule has 130 valence electrons. The largest absolute Gasteiger partial charge is 0.497 e. The second kappa shape index (κ2) is 9.64. The van der Waals surface area contributed by atoms with Gasteiger partial charge in [-0.15, -0.1) is 22.0 Å². The number of carbonyl (C=O) groups is 1. The second-order valence-corrected chi connectivity index (χ2v) is 7.86. The number of aryl methyl sites for hydroxylation is 1. The van der Waals surface area contributed by atoms with Crippen molar-refractivity contribution in [1.29, 1.82) is 0 Å². The topological polar surface area (TPSA) is 64.1 Å². The molecule has 0 bridgehead atoms. The van der Waals surface area contributed by atoms with Gasteiger partial charge >= 0.3 is 0 Å². The number of benzene rings is 1. The number of nitrogens with zero attached hydrogens (tertiary/aromatic N) is 2. The van der Waals surface area contributed by atoms with Gasteiger partial charge in [0.2, 0.25) is 11.0 Å². The summed E-state index contributed by atoms with van der Waals surface area (Å²) in [5, 5.41) is 12.4. The van der Waals surface area contributed by atoms with Crippen molar-refractivity contribution in [3.63, 3.8) is 0 Å². The number of unbranched alkanes of at least 4 members (excludes halogenated alkanes) is 2. The molecule has 1 unspecified atom stereocenters. The number of carbonyl (C=O) groups excluding carboxylic acids is 1.